The van der Waals surface area contributed by atoms with E-state index < -0.39 is 0 Å². The summed E-state index contributed by atoms with van der Waals surface area (Å²) in [6, 6.07) is 24.4. The molecule has 54 heavy (non-hydrogen) atoms. The van der Waals surface area contributed by atoms with E-state index >= 15 is 0 Å². The van der Waals surface area contributed by atoms with Crippen LogP contribution in [0.15, 0.2) is 86.2 Å². The van der Waals surface area contributed by atoms with Gasteiger partial charge in [-0.05, 0) is 169 Å². The van der Waals surface area contributed by atoms with E-state index in [4.69, 9.17) is 16.0 Å². The maximum Gasteiger partial charge on any atom is 0.143 e. The number of fused-ring (bicyclic) bond motifs is 2. The molecule has 0 saturated heterocycles. The molecule has 288 valence electrons. The minimum atomic E-state index is -0.256. The summed E-state index contributed by atoms with van der Waals surface area (Å²) in [4.78, 5) is 21.8. The molecule has 0 radical (unpaired) electrons. The van der Waals surface area contributed by atoms with Crippen LogP contribution in [0.4, 0.5) is 5.69 Å². The highest BCUT2D eigenvalue weighted by molar-refractivity contribution is 9.11. The minimum Gasteiger partial charge on any atom is -0.324 e. The molecule has 1 fully saturated rings. The Bertz CT molecular complexity index is 1970. The maximum absolute atomic E-state index is 11.0. The highest BCUT2D eigenvalue weighted by Gasteiger charge is 2.25. The van der Waals surface area contributed by atoms with Crippen molar-refractivity contribution in [2.45, 2.75) is 97.8 Å². The first-order chi connectivity index (χ1) is 25.5. The summed E-state index contributed by atoms with van der Waals surface area (Å²) in [5.74, 6) is 5.08. The zero-order valence-electron chi connectivity index (χ0n) is 31.2. The smallest absolute Gasteiger partial charge is 0.143 e. The number of aromatic nitrogens is 4. The van der Waals surface area contributed by atoms with Crippen LogP contribution in [0.3, 0.4) is 0 Å². The van der Waals surface area contributed by atoms with Crippen molar-refractivity contribution in [3.05, 3.63) is 120 Å². The van der Waals surface area contributed by atoms with E-state index in [1.165, 1.54) is 85.0 Å². The van der Waals surface area contributed by atoms with Crippen molar-refractivity contribution in [2.24, 2.45) is 11.8 Å². The largest absolute Gasteiger partial charge is 0.324 e. The van der Waals surface area contributed by atoms with Gasteiger partial charge in [-0.1, -0.05) is 54.2 Å². The number of carbonyl (C=O) groups excluding carboxylic acids is 2. The van der Waals surface area contributed by atoms with E-state index in [-0.39, 0.29) is 29.9 Å². The average molecular weight is 946 g/mol. The summed E-state index contributed by atoms with van der Waals surface area (Å²) in [6.45, 7) is 5.81. The Morgan fingerprint density at radius 1 is 0.685 bits per heavy atom. The molecular weight excluding hydrogens is 896 g/mol. The van der Waals surface area contributed by atoms with Gasteiger partial charge in [0.05, 0.1) is 28.7 Å². The number of nitrogens with one attached hydrogen (secondary N) is 1. The third-order valence-electron chi connectivity index (χ3n) is 9.99. The van der Waals surface area contributed by atoms with Crippen LogP contribution >= 0.6 is 60.2 Å². The van der Waals surface area contributed by atoms with Crippen LogP contribution in [0.2, 0.25) is 0 Å². The zero-order valence-corrected chi connectivity index (χ0v) is 36.8. The number of rotatable bonds is 4. The molecule has 3 aromatic carbocycles. The second-order valence-electron chi connectivity index (χ2n) is 13.7. The van der Waals surface area contributed by atoms with Crippen molar-refractivity contribution in [3.63, 3.8) is 0 Å². The Balaban J connectivity index is 0.000000166. The Kier molecular flexibility index (Phi) is 17.2. The fourth-order valence-electron chi connectivity index (χ4n) is 7.09. The van der Waals surface area contributed by atoms with Gasteiger partial charge in [-0.2, -0.15) is 10.2 Å². The Hall–Kier alpha value is -3.09. The first-order valence-electron chi connectivity index (χ1n) is 18.5. The fourth-order valence-corrected chi connectivity index (χ4v) is 7.88. The molecule has 0 aliphatic heterocycles. The van der Waals surface area contributed by atoms with Crippen molar-refractivity contribution in [1.82, 2.24) is 19.6 Å². The van der Waals surface area contributed by atoms with Gasteiger partial charge in [-0.15, -0.1) is 12.4 Å². The summed E-state index contributed by atoms with van der Waals surface area (Å²) >= 11 is 10.2. The normalized spacial score (nSPS) is 15.7. The molecule has 8 nitrogen and oxygen atoms in total. The van der Waals surface area contributed by atoms with Gasteiger partial charge in [0, 0.05) is 36.9 Å². The first kappa shape index (κ1) is 43.6. The number of halogens is 4. The van der Waals surface area contributed by atoms with Gasteiger partial charge in [-0.25, -0.2) is 9.36 Å². The lowest BCUT2D eigenvalue weighted by Gasteiger charge is -2.16. The average Bonchev–Trinajstić information content (AvgIpc) is 3.69. The number of nitrogen functional groups attached to an aromatic ring is 1. The number of nitrogens with two attached hydrogens (primary N) is 1. The molecule has 5 aromatic rings. The van der Waals surface area contributed by atoms with E-state index in [0.717, 1.165) is 56.9 Å². The van der Waals surface area contributed by atoms with Gasteiger partial charge in [-0.3, -0.25) is 15.4 Å². The lowest BCUT2D eigenvalue weighted by Crippen LogP contribution is -2.24. The molecule has 0 bridgehead atoms. The predicted molar refractivity (Wildman–Crippen MR) is 232 cm³/mol. The van der Waals surface area contributed by atoms with Crippen molar-refractivity contribution < 1.29 is 9.59 Å². The summed E-state index contributed by atoms with van der Waals surface area (Å²) < 4.78 is 7.48. The van der Waals surface area contributed by atoms with Crippen LogP contribution in [0.25, 0.3) is 11.4 Å². The number of carbonyl (C=O) groups is 2. The molecule has 2 heterocycles. The minimum absolute atomic E-state index is 0. The molecule has 1 unspecified atom stereocenters. The number of hydrogen-bond acceptors (Lipinski definition) is 6. The van der Waals surface area contributed by atoms with E-state index in [1.54, 1.807) is 0 Å². The number of benzene rings is 3. The van der Waals surface area contributed by atoms with Crippen LogP contribution in [0.1, 0.15) is 92.2 Å². The van der Waals surface area contributed by atoms with Crippen molar-refractivity contribution >= 4 is 77.5 Å². The molecular formula is C42H50Br3ClN6O2. The van der Waals surface area contributed by atoms with E-state index in [0.29, 0.717) is 6.42 Å². The standard InChI is InChI=1S/2C14H15BrN2.C8H12O2.C6H7BrN2.ClH/c1-10-13-4-2-3-5-14(13)16-17(10)12-8-6-11(15)7-9-12;1-10-13-4-2-3-5-14(13)17(16-10)12-8-6-11(15)7-9-12;1-6(9)7-4-2-3-5-8(7)10;7-5-1-3-6(9-8)4-2-5;/h2*6-9H,2-5H2,1H3;7H,2-5H2,1H3;1-4,9H,8H2;1H. The number of aryl methyl sites for hydroxylation is 2. The summed E-state index contributed by atoms with van der Waals surface area (Å²) in [5.41, 5.74) is 13.9. The molecule has 0 amide bonds. The summed E-state index contributed by atoms with van der Waals surface area (Å²) in [6.07, 6.45) is 13.3. The van der Waals surface area contributed by atoms with Gasteiger partial charge in [0.1, 0.15) is 11.6 Å². The summed E-state index contributed by atoms with van der Waals surface area (Å²) in [5, 5.41) is 9.45. The molecule has 3 aliphatic rings. The summed E-state index contributed by atoms with van der Waals surface area (Å²) in [7, 11) is 0. The third kappa shape index (κ3) is 11.7. The van der Waals surface area contributed by atoms with Crippen LogP contribution in [0, 0.1) is 19.8 Å². The van der Waals surface area contributed by atoms with Crippen molar-refractivity contribution in [3.8, 4) is 11.4 Å². The molecule has 1 atom stereocenters. The molecule has 12 heteroatoms. The van der Waals surface area contributed by atoms with Gasteiger partial charge >= 0.3 is 0 Å². The van der Waals surface area contributed by atoms with Crippen LogP contribution < -0.4 is 11.3 Å². The highest BCUT2D eigenvalue weighted by Crippen LogP contribution is 2.28. The number of anilines is 1. The predicted octanol–water partition coefficient (Wildman–Crippen LogP) is 11.1. The zero-order chi connectivity index (χ0) is 37.9. The second-order valence-corrected chi connectivity index (χ2v) is 16.5. The quantitative estimate of drug-likeness (QED) is 0.106. The van der Waals surface area contributed by atoms with Crippen LogP contribution in [0.5, 0.6) is 0 Å². The first-order valence-corrected chi connectivity index (χ1v) is 20.9. The SMILES string of the molecule is CC(=O)C1CCCCC1=O.Cc1c2c(nn1-c1ccc(Br)cc1)CCCC2.Cc1nn(-c2ccc(Br)cc2)c2c1CCCC2.Cl.NNc1ccc(Br)cc1. The number of nitrogens with zero attached hydrogens (tertiary/aromatic N) is 4. The van der Waals surface area contributed by atoms with Gasteiger partial charge < -0.3 is 5.43 Å². The van der Waals surface area contributed by atoms with Crippen LogP contribution in [-0.4, -0.2) is 31.1 Å². The molecule has 0 spiro atoms. The van der Waals surface area contributed by atoms with Gasteiger partial charge in [0.15, 0.2) is 0 Å². The Morgan fingerprint density at radius 3 is 1.70 bits per heavy atom. The maximum atomic E-state index is 11.0. The Morgan fingerprint density at radius 2 is 1.19 bits per heavy atom. The lowest BCUT2D eigenvalue weighted by atomic mass is 9.86. The van der Waals surface area contributed by atoms with Crippen molar-refractivity contribution in [2.75, 3.05) is 5.43 Å². The molecule has 3 N–H and O–H groups in total. The van der Waals surface area contributed by atoms with E-state index in [2.05, 4.69) is 125 Å². The molecule has 8 rings (SSSR count). The molecule has 3 aliphatic carbocycles. The second kappa shape index (κ2) is 21.3. The van der Waals surface area contributed by atoms with E-state index in [9.17, 15) is 9.59 Å². The Labute approximate surface area is 350 Å². The number of hydrogen-bond donors (Lipinski definition) is 2. The number of Topliss-reactive ketones (excluding diaryl/α,β-unsaturated/α-hetero) is 2. The topological polar surface area (TPSA) is 108 Å². The third-order valence-corrected chi connectivity index (χ3v) is 11.6. The number of ketones is 2. The van der Waals surface area contributed by atoms with Gasteiger partial charge in [0.25, 0.3) is 0 Å². The fraction of sp³-hybridized carbons (Fsp3) is 0.381. The van der Waals surface area contributed by atoms with E-state index in [1.807, 2.05) is 24.3 Å². The van der Waals surface area contributed by atoms with Crippen LogP contribution in [-0.2, 0) is 35.3 Å². The van der Waals surface area contributed by atoms with Gasteiger partial charge in [0.2, 0.25) is 0 Å². The monoisotopic (exact) mass is 942 g/mol. The number of hydrazine groups is 1. The van der Waals surface area contributed by atoms with Crippen molar-refractivity contribution in [1.29, 1.82) is 0 Å². The molecule has 1 saturated carbocycles. The lowest BCUT2D eigenvalue weighted by molar-refractivity contribution is -0.133. The molecule has 2 aromatic heterocycles. The highest BCUT2D eigenvalue weighted by atomic mass is 79.9.